The molecule has 0 fully saturated rings. The Bertz CT molecular complexity index is 401. The van der Waals surface area contributed by atoms with Gasteiger partial charge in [-0.15, -0.1) is 0 Å². The Balaban J connectivity index is 3.27. The van der Waals surface area contributed by atoms with Crippen molar-refractivity contribution < 1.29 is 14.6 Å². The van der Waals surface area contributed by atoms with Crippen LogP contribution in [0, 0.1) is 13.8 Å². The fraction of sp³-hybridized carbons (Fsp3) is 0.417. The molecule has 1 atom stereocenters. The maximum Gasteiger partial charge on any atom is 0.337 e. The van der Waals surface area contributed by atoms with Crippen LogP contribution in [0.2, 0.25) is 0 Å². The van der Waals surface area contributed by atoms with Crippen LogP contribution in [0.25, 0.3) is 0 Å². The first kappa shape index (κ1) is 12.7. The molecule has 0 saturated heterocycles. The molecule has 1 rings (SSSR count). The van der Waals surface area contributed by atoms with E-state index in [0.29, 0.717) is 11.1 Å². The quantitative estimate of drug-likeness (QED) is 0.752. The van der Waals surface area contributed by atoms with Gasteiger partial charge in [0.25, 0.3) is 0 Å². The van der Waals surface area contributed by atoms with Crippen molar-refractivity contribution in [3.63, 3.8) is 0 Å². The molecular weight excluding hydrogens is 206 g/mol. The predicted octanol–water partition coefficient (Wildman–Crippen LogP) is 1.08. The molecule has 3 N–H and O–H groups in total. The first-order valence-electron chi connectivity index (χ1n) is 5.08. The maximum atomic E-state index is 11.4. The van der Waals surface area contributed by atoms with Crippen LogP contribution in [0.4, 0.5) is 0 Å². The van der Waals surface area contributed by atoms with Crippen LogP contribution in [0.3, 0.4) is 0 Å². The molecule has 0 aliphatic rings. The van der Waals surface area contributed by atoms with Crippen LogP contribution in [-0.2, 0) is 4.74 Å². The summed E-state index contributed by atoms with van der Waals surface area (Å²) in [4.78, 5) is 11.4. The minimum absolute atomic E-state index is 0.130. The van der Waals surface area contributed by atoms with Gasteiger partial charge in [0.05, 0.1) is 18.8 Å². The first-order valence-corrected chi connectivity index (χ1v) is 5.08. The third-order valence-corrected chi connectivity index (χ3v) is 2.71. The Morgan fingerprint density at radius 1 is 1.50 bits per heavy atom. The highest BCUT2D eigenvalue weighted by Crippen LogP contribution is 2.22. The lowest BCUT2D eigenvalue weighted by molar-refractivity contribution is 0.0600. The standard InChI is InChI=1S/C12H17NO3/c1-7-4-9(12(15)16-3)5-10(8(7)2)11(14)6-13/h4-5,11,14H,6,13H2,1-3H3. The van der Waals surface area contributed by atoms with Crippen LogP contribution in [0.1, 0.15) is 33.2 Å². The second-order valence-electron chi connectivity index (χ2n) is 3.75. The van der Waals surface area contributed by atoms with Crippen molar-refractivity contribution in [1.82, 2.24) is 0 Å². The molecule has 0 aliphatic heterocycles. The Morgan fingerprint density at radius 3 is 2.62 bits per heavy atom. The Hall–Kier alpha value is -1.39. The summed E-state index contributed by atoms with van der Waals surface area (Å²) >= 11 is 0. The van der Waals surface area contributed by atoms with Crippen molar-refractivity contribution in [3.05, 3.63) is 34.4 Å². The lowest BCUT2D eigenvalue weighted by Gasteiger charge is -2.15. The summed E-state index contributed by atoms with van der Waals surface area (Å²) in [5, 5.41) is 9.74. The molecule has 0 amide bonds. The van der Waals surface area contributed by atoms with E-state index in [4.69, 9.17) is 5.73 Å². The van der Waals surface area contributed by atoms with E-state index in [1.807, 2.05) is 13.8 Å². The average molecular weight is 223 g/mol. The Kier molecular flexibility index (Phi) is 4.04. The number of aryl methyl sites for hydroxylation is 1. The molecule has 0 aromatic heterocycles. The van der Waals surface area contributed by atoms with Crippen molar-refractivity contribution in [1.29, 1.82) is 0 Å². The number of carbonyl (C=O) groups is 1. The van der Waals surface area contributed by atoms with Crippen molar-refractivity contribution >= 4 is 5.97 Å². The number of methoxy groups -OCH3 is 1. The van der Waals surface area contributed by atoms with Crippen LogP contribution in [0.5, 0.6) is 0 Å². The minimum Gasteiger partial charge on any atom is -0.465 e. The fourth-order valence-electron chi connectivity index (χ4n) is 1.60. The van der Waals surface area contributed by atoms with Gasteiger partial charge in [-0.1, -0.05) is 0 Å². The molecule has 0 aliphatic carbocycles. The number of ether oxygens (including phenoxy) is 1. The highest BCUT2D eigenvalue weighted by Gasteiger charge is 2.15. The van der Waals surface area contributed by atoms with Gasteiger partial charge in [0.15, 0.2) is 0 Å². The van der Waals surface area contributed by atoms with Crippen molar-refractivity contribution in [2.24, 2.45) is 5.73 Å². The van der Waals surface area contributed by atoms with Crippen molar-refractivity contribution in [2.45, 2.75) is 20.0 Å². The Labute approximate surface area is 95.0 Å². The highest BCUT2D eigenvalue weighted by atomic mass is 16.5. The summed E-state index contributed by atoms with van der Waals surface area (Å²) in [6, 6.07) is 3.37. The molecule has 0 heterocycles. The van der Waals surface area contributed by atoms with Gasteiger partial charge in [0.2, 0.25) is 0 Å². The van der Waals surface area contributed by atoms with Crippen LogP contribution in [0.15, 0.2) is 12.1 Å². The molecule has 0 saturated carbocycles. The lowest BCUT2D eigenvalue weighted by Crippen LogP contribution is -2.14. The average Bonchev–Trinajstić information content (AvgIpc) is 2.30. The van der Waals surface area contributed by atoms with Gasteiger partial charge in [-0.05, 0) is 42.7 Å². The molecule has 1 aromatic carbocycles. The molecular formula is C12H17NO3. The molecule has 88 valence electrons. The van der Waals surface area contributed by atoms with Gasteiger partial charge in [0, 0.05) is 6.54 Å². The number of nitrogens with two attached hydrogens (primary N) is 1. The summed E-state index contributed by atoms with van der Waals surface area (Å²) < 4.78 is 4.65. The number of benzene rings is 1. The Morgan fingerprint density at radius 2 is 2.12 bits per heavy atom. The molecule has 1 unspecified atom stereocenters. The van der Waals surface area contributed by atoms with Gasteiger partial charge in [-0.25, -0.2) is 4.79 Å². The van der Waals surface area contributed by atoms with Gasteiger partial charge in [-0.3, -0.25) is 0 Å². The largest absolute Gasteiger partial charge is 0.465 e. The third-order valence-electron chi connectivity index (χ3n) is 2.71. The fourth-order valence-corrected chi connectivity index (χ4v) is 1.60. The van der Waals surface area contributed by atoms with Gasteiger partial charge >= 0.3 is 5.97 Å². The zero-order valence-electron chi connectivity index (χ0n) is 9.78. The number of esters is 1. The van der Waals surface area contributed by atoms with Crippen LogP contribution in [-0.4, -0.2) is 24.7 Å². The molecule has 16 heavy (non-hydrogen) atoms. The summed E-state index contributed by atoms with van der Waals surface area (Å²) in [7, 11) is 1.33. The van der Waals surface area contributed by atoms with E-state index < -0.39 is 12.1 Å². The smallest absolute Gasteiger partial charge is 0.337 e. The predicted molar refractivity (Wildman–Crippen MR) is 61.3 cm³/mol. The molecule has 0 radical (unpaired) electrons. The minimum atomic E-state index is -0.747. The molecule has 1 aromatic rings. The van der Waals surface area contributed by atoms with Gasteiger partial charge in [-0.2, -0.15) is 0 Å². The van der Waals surface area contributed by atoms with Crippen molar-refractivity contribution in [3.8, 4) is 0 Å². The second-order valence-corrected chi connectivity index (χ2v) is 3.75. The first-order chi connectivity index (χ1) is 7.51. The maximum absolute atomic E-state index is 11.4. The lowest BCUT2D eigenvalue weighted by atomic mass is 9.96. The molecule has 4 nitrogen and oxygen atoms in total. The third kappa shape index (κ3) is 2.40. The molecule has 0 spiro atoms. The van der Waals surface area contributed by atoms with E-state index in [2.05, 4.69) is 4.74 Å². The molecule has 4 heteroatoms. The molecule has 0 bridgehead atoms. The van der Waals surface area contributed by atoms with Crippen LogP contribution < -0.4 is 5.73 Å². The topological polar surface area (TPSA) is 72.5 Å². The SMILES string of the molecule is COC(=O)c1cc(C)c(C)c(C(O)CN)c1. The van der Waals surface area contributed by atoms with E-state index in [1.165, 1.54) is 7.11 Å². The summed E-state index contributed by atoms with van der Waals surface area (Å²) in [5.74, 6) is -0.409. The number of aliphatic hydroxyl groups is 1. The van der Waals surface area contributed by atoms with E-state index in [1.54, 1.807) is 12.1 Å². The second kappa shape index (κ2) is 5.09. The van der Waals surface area contributed by atoms with E-state index in [9.17, 15) is 9.90 Å². The normalized spacial score (nSPS) is 12.3. The number of carbonyl (C=O) groups excluding carboxylic acids is 1. The van der Waals surface area contributed by atoms with E-state index >= 15 is 0 Å². The van der Waals surface area contributed by atoms with Gasteiger partial charge in [0.1, 0.15) is 0 Å². The number of rotatable bonds is 3. The van der Waals surface area contributed by atoms with Crippen molar-refractivity contribution in [2.75, 3.05) is 13.7 Å². The number of aliphatic hydroxyl groups excluding tert-OH is 1. The van der Waals surface area contributed by atoms with E-state index in [-0.39, 0.29) is 6.54 Å². The summed E-state index contributed by atoms with van der Waals surface area (Å²) in [6.45, 7) is 3.91. The van der Waals surface area contributed by atoms with Crippen LogP contribution >= 0.6 is 0 Å². The highest BCUT2D eigenvalue weighted by molar-refractivity contribution is 5.90. The van der Waals surface area contributed by atoms with E-state index in [0.717, 1.165) is 11.1 Å². The number of hydrogen-bond donors (Lipinski definition) is 2. The summed E-state index contributed by atoms with van der Waals surface area (Å²) in [5.41, 5.74) is 8.42. The zero-order valence-corrected chi connectivity index (χ0v) is 9.78. The zero-order chi connectivity index (χ0) is 12.3. The van der Waals surface area contributed by atoms with Gasteiger partial charge < -0.3 is 15.6 Å². The number of hydrogen-bond acceptors (Lipinski definition) is 4. The monoisotopic (exact) mass is 223 g/mol. The summed E-state index contributed by atoms with van der Waals surface area (Å²) in [6.07, 6.45) is -0.747.